The number of rotatable bonds is 5. The molecular formula is C27H23N3O3S. The van der Waals surface area contributed by atoms with E-state index in [1.165, 1.54) is 0 Å². The minimum absolute atomic E-state index is 0.181. The molecule has 1 aliphatic carbocycles. The molecule has 1 amide bonds. The van der Waals surface area contributed by atoms with Crippen LogP contribution in [0.5, 0.6) is 0 Å². The van der Waals surface area contributed by atoms with E-state index in [4.69, 9.17) is 5.73 Å². The summed E-state index contributed by atoms with van der Waals surface area (Å²) in [6, 6.07) is 23.4. The summed E-state index contributed by atoms with van der Waals surface area (Å²) in [5.74, 6) is 4.79. The maximum Gasteiger partial charge on any atom is 0.300 e. The first kappa shape index (κ1) is 22.9. The molecule has 1 atom stereocenters. The highest BCUT2D eigenvalue weighted by molar-refractivity contribution is 7.89. The summed E-state index contributed by atoms with van der Waals surface area (Å²) in [7, 11) is -3.72. The van der Waals surface area contributed by atoms with Crippen molar-refractivity contribution < 1.29 is 13.2 Å². The Bertz CT molecular complexity index is 1420. The highest BCUT2D eigenvalue weighted by Gasteiger charge is 2.16. The number of amides is 1. The molecule has 3 aromatic rings. The van der Waals surface area contributed by atoms with Crippen molar-refractivity contribution in [3.05, 3.63) is 103 Å². The van der Waals surface area contributed by atoms with E-state index in [2.05, 4.69) is 21.9 Å². The highest BCUT2D eigenvalue weighted by atomic mass is 32.2. The molecule has 0 spiro atoms. The molecule has 0 aromatic heterocycles. The van der Waals surface area contributed by atoms with Gasteiger partial charge in [0.25, 0.3) is 15.9 Å². The Balaban J connectivity index is 1.35. The van der Waals surface area contributed by atoms with Crippen LogP contribution in [0.1, 0.15) is 6.42 Å². The van der Waals surface area contributed by atoms with Crippen molar-refractivity contribution in [3.63, 3.8) is 0 Å². The van der Waals surface area contributed by atoms with E-state index in [9.17, 15) is 13.2 Å². The minimum Gasteiger partial charge on any atom is -0.397 e. The molecule has 34 heavy (non-hydrogen) atoms. The SMILES string of the molecule is Nc1ccccc1NC(=O)C#CC1C=CC(NS(=O)(=O)c2ccc(-c3ccccc3)cc2)=CC1. The monoisotopic (exact) mass is 469 g/mol. The average molecular weight is 470 g/mol. The standard InChI is InChI=1S/C27H23N3O3S/c28-25-8-4-5-9-26(25)29-27(31)19-12-20-10-15-23(16-11-20)30-34(32,33)24-17-13-22(14-18-24)21-6-2-1-3-7-21/h1-10,13-18,20,30H,11,28H2,(H,29,31). The Morgan fingerprint density at radius 3 is 2.26 bits per heavy atom. The van der Waals surface area contributed by atoms with Gasteiger partial charge < -0.3 is 11.1 Å². The lowest BCUT2D eigenvalue weighted by atomic mass is 10.0. The first-order chi connectivity index (χ1) is 16.4. The van der Waals surface area contributed by atoms with Crippen molar-refractivity contribution in [1.82, 2.24) is 4.72 Å². The zero-order chi connectivity index (χ0) is 24.0. The molecule has 6 nitrogen and oxygen atoms in total. The lowest BCUT2D eigenvalue weighted by Gasteiger charge is -2.14. The van der Waals surface area contributed by atoms with Gasteiger partial charge in [0.2, 0.25) is 0 Å². The number of nitrogens with two attached hydrogens (primary N) is 1. The van der Waals surface area contributed by atoms with Crippen LogP contribution >= 0.6 is 0 Å². The number of hydrogen-bond donors (Lipinski definition) is 3. The maximum atomic E-state index is 12.8. The van der Waals surface area contributed by atoms with E-state index in [1.807, 2.05) is 30.3 Å². The molecular weight excluding hydrogens is 446 g/mol. The molecule has 4 rings (SSSR count). The van der Waals surface area contributed by atoms with Gasteiger partial charge in [0, 0.05) is 11.6 Å². The van der Waals surface area contributed by atoms with Gasteiger partial charge in [-0.2, -0.15) is 0 Å². The zero-order valence-electron chi connectivity index (χ0n) is 18.2. The number of nitrogens with one attached hydrogen (secondary N) is 2. The fourth-order valence-electron chi connectivity index (χ4n) is 3.40. The Kier molecular flexibility index (Phi) is 6.81. The highest BCUT2D eigenvalue weighted by Crippen LogP contribution is 2.22. The Labute approximate surface area is 199 Å². The van der Waals surface area contributed by atoms with Gasteiger partial charge in [-0.3, -0.25) is 9.52 Å². The van der Waals surface area contributed by atoms with Gasteiger partial charge in [0.05, 0.1) is 16.3 Å². The fourth-order valence-corrected chi connectivity index (χ4v) is 4.47. The predicted octanol–water partition coefficient (Wildman–Crippen LogP) is 4.32. The molecule has 0 saturated heterocycles. The third-order valence-corrected chi connectivity index (χ3v) is 6.60. The van der Waals surface area contributed by atoms with Crippen molar-refractivity contribution in [2.75, 3.05) is 11.1 Å². The van der Waals surface area contributed by atoms with Gasteiger partial charge >= 0.3 is 0 Å². The van der Waals surface area contributed by atoms with E-state index in [0.717, 1.165) is 11.1 Å². The van der Waals surface area contributed by atoms with E-state index in [-0.39, 0.29) is 10.8 Å². The van der Waals surface area contributed by atoms with Crippen LogP contribution in [0.2, 0.25) is 0 Å². The van der Waals surface area contributed by atoms with Crippen LogP contribution in [0.4, 0.5) is 11.4 Å². The van der Waals surface area contributed by atoms with E-state index in [1.54, 1.807) is 66.8 Å². The molecule has 4 N–H and O–H groups in total. The summed E-state index contributed by atoms with van der Waals surface area (Å²) >= 11 is 0. The predicted molar refractivity (Wildman–Crippen MR) is 135 cm³/mol. The van der Waals surface area contributed by atoms with Gasteiger partial charge in [0.15, 0.2) is 0 Å². The molecule has 1 aliphatic rings. The third kappa shape index (κ3) is 5.74. The molecule has 0 fully saturated rings. The summed E-state index contributed by atoms with van der Waals surface area (Å²) in [5, 5.41) is 2.65. The number of para-hydroxylation sites is 2. The Morgan fingerprint density at radius 2 is 1.59 bits per heavy atom. The molecule has 1 unspecified atom stereocenters. The largest absolute Gasteiger partial charge is 0.397 e. The maximum absolute atomic E-state index is 12.8. The smallest absolute Gasteiger partial charge is 0.300 e. The number of carbonyl (C=O) groups excluding carboxylic acids is 1. The number of anilines is 2. The number of carbonyl (C=O) groups is 1. The molecule has 0 radical (unpaired) electrons. The van der Waals surface area contributed by atoms with Crippen LogP contribution in [-0.2, 0) is 14.8 Å². The second-order valence-electron chi connectivity index (χ2n) is 7.67. The molecule has 7 heteroatoms. The van der Waals surface area contributed by atoms with Gasteiger partial charge in [-0.25, -0.2) is 8.42 Å². The number of sulfonamides is 1. The summed E-state index contributed by atoms with van der Waals surface area (Å²) in [6.07, 6.45) is 5.66. The van der Waals surface area contributed by atoms with Crippen LogP contribution in [-0.4, -0.2) is 14.3 Å². The van der Waals surface area contributed by atoms with Gasteiger partial charge in [-0.15, -0.1) is 0 Å². The van der Waals surface area contributed by atoms with Crippen molar-refractivity contribution in [3.8, 4) is 23.0 Å². The summed E-state index contributed by atoms with van der Waals surface area (Å²) in [6.45, 7) is 0. The number of hydrogen-bond acceptors (Lipinski definition) is 4. The lowest BCUT2D eigenvalue weighted by Crippen LogP contribution is -2.23. The number of nitrogen functional groups attached to an aromatic ring is 1. The second kappa shape index (κ2) is 10.1. The van der Waals surface area contributed by atoms with E-state index in [0.29, 0.717) is 23.5 Å². The number of benzene rings is 3. The number of allylic oxidation sites excluding steroid dienone is 3. The van der Waals surface area contributed by atoms with Crippen LogP contribution in [0.15, 0.2) is 108 Å². The van der Waals surface area contributed by atoms with Crippen LogP contribution in [0.25, 0.3) is 11.1 Å². The Hall–Kier alpha value is -4.28. The first-order valence-electron chi connectivity index (χ1n) is 10.6. The normalized spacial score (nSPS) is 14.9. The van der Waals surface area contributed by atoms with E-state index >= 15 is 0 Å². The Morgan fingerprint density at radius 1 is 0.912 bits per heavy atom. The van der Waals surface area contributed by atoms with E-state index < -0.39 is 15.9 Å². The minimum atomic E-state index is -3.72. The summed E-state index contributed by atoms with van der Waals surface area (Å²) < 4.78 is 28.1. The molecule has 170 valence electrons. The zero-order valence-corrected chi connectivity index (χ0v) is 19.0. The fraction of sp³-hybridized carbons (Fsp3) is 0.0741. The summed E-state index contributed by atoms with van der Waals surface area (Å²) in [5.41, 5.74) is 9.21. The topological polar surface area (TPSA) is 101 Å². The van der Waals surface area contributed by atoms with Crippen molar-refractivity contribution in [2.45, 2.75) is 11.3 Å². The quantitative estimate of drug-likeness (QED) is 0.383. The van der Waals surface area contributed by atoms with Crippen LogP contribution in [0.3, 0.4) is 0 Å². The second-order valence-corrected chi connectivity index (χ2v) is 9.35. The van der Waals surface area contributed by atoms with Gasteiger partial charge in [-0.1, -0.05) is 72.7 Å². The van der Waals surface area contributed by atoms with Crippen LogP contribution in [0, 0.1) is 17.8 Å². The summed E-state index contributed by atoms with van der Waals surface area (Å²) in [4.78, 5) is 12.2. The van der Waals surface area contributed by atoms with Crippen molar-refractivity contribution >= 4 is 27.3 Å². The first-order valence-corrected chi connectivity index (χ1v) is 12.1. The van der Waals surface area contributed by atoms with Crippen molar-refractivity contribution in [1.29, 1.82) is 0 Å². The molecule has 0 aliphatic heterocycles. The van der Waals surface area contributed by atoms with Gasteiger partial charge in [0.1, 0.15) is 0 Å². The average Bonchev–Trinajstić information content (AvgIpc) is 2.85. The molecule has 3 aromatic carbocycles. The van der Waals surface area contributed by atoms with Gasteiger partial charge in [-0.05, 0) is 53.8 Å². The molecule has 0 heterocycles. The van der Waals surface area contributed by atoms with Crippen molar-refractivity contribution in [2.24, 2.45) is 5.92 Å². The molecule has 0 bridgehead atoms. The third-order valence-electron chi connectivity index (χ3n) is 5.20. The molecule has 0 saturated carbocycles. The van der Waals surface area contributed by atoms with Crippen LogP contribution < -0.4 is 15.8 Å². The lowest BCUT2D eigenvalue weighted by molar-refractivity contribution is -0.111.